The van der Waals surface area contributed by atoms with E-state index in [9.17, 15) is 4.79 Å². The molecule has 3 rings (SSSR count). The van der Waals surface area contributed by atoms with Crippen molar-refractivity contribution in [3.05, 3.63) is 91.0 Å². The van der Waals surface area contributed by atoms with E-state index in [0.717, 1.165) is 31.4 Å². The van der Waals surface area contributed by atoms with Gasteiger partial charge in [-0.2, -0.15) is 5.10 Å². The quantitative estimate of drug-likeness (QED) is 0.187. The molecule has 0 radical (unpaired) electrons. The Kier molecular flexibility index (Phi) is 9.14. The monoisotopic (exact) mass is 576 g/mol. The van der Waals surface area contributed by atoms with Gasteiger partial charge in [-0.3, -0.25) is 4.79 Å². The number of hydrazone groups is 1. The van der Waals surface area contributed by atoms with Gasteiger partial charge >= 0.3 is 0 Å². The van der Waals surface area contributed by atoms with Crippen molar-refractivity contribution in [1.29, 1.82) is 0 Å². The van der Waals surface area contributed by atoms with Crippen LogP contribution in [0.1, 0.15) is 34.7 Å². The topological polar surface area (TPSA) is 59.9 Å². The zero-order chi connectivity index (χ0) is 23.8. The first-order valence-electron chi connectivity index (χ1n) is 10.6. The SMILES string of the molecule is CCOc1cc(/C=N/NC(=O)Cc2cc(C)ccc2C)cc(I)c1OCc1ccccc1Cl. The standard InChI is InChI=1S/C26H26ClIN2O3/c1-4-32-24-13-19(12-23(28)26(24)33-16-20-7-5-6-8-22(20)27)15-29-30-25(31)14-21-11-17(2)9-10-18(21)3/h5-13,15H,4,14,16H2,1-3H3,(H,30,31)/b29-15+. The molecule has 3 aromatic rings. The molecule has 0 spiro atoms. The van der Waals surface area contributed by atoms with Crippen molar-refractivity contribution in [2.24, 2.45) is 5.10 Å². The van der Waals surface area contributed by atoms with Crippen LogP contribution >= 0.6 is 34.2 Å². The van der Waals surface area contributed by atoms with Crippen molar-refractivity contribution < 1.29 is 14.3 Å². The predicted octanol–water partition coefficient (Wildman–Crippen LogP) is 6.23. The number of nitrogens with zero attached hydrogens (tertiary/aromatic N) is 1. The molecule has 0 aliphatic rings. The van der Waals surface area contributed by atoms with Crippen LogP contribution in [0.5, 0.6) is 11.5 Å². The minimum Gasteiger partial charge on any atom is -0.490 e. The normalized spacial score (nSPS) is 10.9. The molecule has 0 aliphatic carbocycles. The number of carbonyl (C=O) groups is 1. The Morgan fingerprint density at radius 2 is 1.88 bits per heavy atom. The number of rotatable bonds is 9. The van der Waals surface area contributed by atoms with E-state index in [-0.39, 0.29) is 12.3 Å². The Morgan fingerprint density at radius 1 is 1.09 bits per heavy atom. The molecule has 172 valence electrons. The lowest BCUT2D eigenvalue weighted by Crippen LogP contribution is -2.20. The molecule has 0 aromatic heterocycles. The van der Waals surface area contributed by atoms with Crippen molar-refractivity contribution in [3.63, 3.8) is 0 Å². The van der Waals surface area contributed by atoms with Gasteiger partial charge in [0.05, 0.1) is 22.8 Å². The molecule has 0 fully saturated rings. The molecule has 0 atom stereocenters. The van der Waals surface area contributed by atoms with E-state index in [1.54, 1.807) is 6.21 Å². The molecule has 1 amide bonds. The summed E-state index contributed by atoms with van der Waals surface area (Å²) in [5, 5.41) is 4.78. The number of carbonyl (C=O) groups excluding carboxylic acids is 1. The number of nitrogens with one attached hydrogen (secondary N) is 1. The number of halogens is 2. The van der Waals surface area contributed by atoms with E-state index in [4.69, 9.17) is 21.1 Å². The Labute approximate surface area is 213 Å². The summed E-state index contributed by atoms with van der Waals surface area (Å²) in [5.74, 6) is 1.09. The first-order chi connectivity index (χ1) is 15.9. The molecule has 0 saturated carbocycles. The van der Waals surface area contributed by atoms with E-state index in [1.807, 2.05) is 75.4 Å². The van der Waals surface area contributed by atoms with Crippen LogP contribution in [-0.2, 0) is 17.8 Å². The molecular formula is C26H26ClIN2O3. The summed E-state index contributed by atoms with van der Waals surface area (Å²) in [7, 11) is 0. The van der Waals surface area contributed by atoms with Gasteiger partial charge in [0.15, 0.2) is 11.5 Å². The Hall–Kier alpha value is -2.58. The van der Waals surface area contributed by atoms with E-state index in [0.29, 0.717) is 29.7 Å². The minimum absolute atomic E-state index is 0.167. The van der Waals surface area contributed by atoms with Crippen molar-refractivity contribution in [2.75, 3.05) is 6.61 Å². The highest BCUT2D eigenvalue weighted by atomic mass is 127. The summed E-state index contributed by atoms with van der Waals surface area (Å²) in [5.41, 5.74) is 7.50. The summed E-state index contributed by atoms with van der Waals surface area (Å²) in [6, 6.07) is 17.4. The van der Waals surface area contributed by atoms with E-state index >= 15 is 0 Å². The zero-order valence-corrected chi connectivity index (χ0v) is 21.7. The molecule has 0 unspecified atom stereocenters. The van der Waals surface area contributed by atoms with Gasteiger partial charge in [-0.25, -0.2) is 5.43 Å². The second-order valence-electron chi connectivity index (χ2n) is 7.54. The minimum atomic E-state index is -0.167. The smallest absolute Gasteiger partial charge is 0.244 e. The van der Waals surface area contributed by atoms with Crippen molar-refractivity contribution in [1.82, 2.24) is 5.43 Å². The van der Waals surface area contributed by atoms with Crippen LogP contribution in [0.25, 0.3) is 0 Å². The Morgan fingerprint density at radius 3 is 2.64 bits per heavy atom. The van der Waals surface area contributed by atoms with Crippen LogP contribution in [0.15, 0.2) is 59.7 Å². The van der Waals surface area contributed by atoms with Gasteiger partial charge in [0.2, 0.25) is 5.91 Å². The number of aryl methyl sites for hydroxylation is 2. The van der Waals surface area contributed by atoms with E-state index in [1.165, 1.54) is 0 Å². The highest BCUT2D eigenvalue weighted by Crippen LogP contribution is 2.35. The van der Waals surface area contributed by atoms with Crippen LogP contribution < -0.4 is 14.9 Å². The fraction of sp³-hybridized carbons (Fsp3) is 0.231. The molecule has 3 aromatic carbocycles. The fourth-order valence-corrected chi connectivity index (χ4v) is 4.18. The lowest BCUT2D eigenvalue weighted by molar-refractivity contribution is -0.120. The number of ether oxygens (including phenoxy) is 2. The molecule has 33 heavy (non-hydrogen) atoms. The van der Waals surface area contributed by atoms with E-state index < -0.39 is 0 Å². The van der Waals surface area contributed by atoms with Crippen molar-refractivity contribution in [3.8, 4) is 11.5 Å². The van der Waals surface area contributed by atoms with Crippen LogP contribution in [0.2, 0.25) is 5.02 Å². The first-order valence-corrected chi connectivity index (χ1v) is 12.0. The highest BCUT2D eigenvalue weighted by Gasteiger charge is 2.13. The highest BCUT2D eigenvalue weighted by molar-refractivity contribution is 14.1. The molecular weight excluding hydrogens is 551 g/mol. The average Bonchev–Trinajstić information content (AvgIpc) is 2.77. The van der Waals surface area contributed by atoms with Gasteiger partial charge in [-0.1, -0.05) is 53.6 Å². The Bertz CT molecular complexity index is 1160. The summed E-state index contributed by atoms with van der Waals surface area (Å²) < 4.78 is 12.7. The van der Waals surface area contributed by atoms with Crippen LogP contribution in [0, 0.1) is 17.4 Å². The summed E-state index contributed by atoms with van der Waals surface area (Å²) in [4.78, 5) is 12.3. The maximum atomic E-state index is 12.3. The number of hydrogen-bond donors (Lipinski definition) is 1. The molecule has 1 N–H and O–H groups in total. The third-order valence-corrected chi connectivity index (χ3v) is 6.09. The van der Waals surface area contributed by atoms with Gasteiger partial charge in [-0.15, -0.1) is 0 Å². The molecule has 0 saturated heterocycles. The molecule has 5 nitrogen and oxygen atoms in total. The van der Waals surface area contributed by atoms with Gasteiger partial charge in [0.25, 0.3) is 0 Å². The van der Waals surface area contributed by atoms with Crippen LogP contribution in [-0.4, -0.2) is 18.7 Å². The van der Waals surface area contributed by atoms with Crippen molar-refractivity contribution in [2.45, 2.75) is 33.8 Å². The second kappa shape index (κ2) is 12.0. The Balaban J connectivity index is 1.69. The second-order valence-corrected chi connectivity index (χ2v) is 9.11. The van der Waals surface area contributed by atoms with Gasteiger partial charge in [0, 0.05) is 10.6 Å². The molecule has 0 bridgehead atoms. The molecule has 0 aliphatic heterocycles. The maximum absolute atomic E-state index is 12.3. The molecule has 7 heteroatoms. The van der Waals surface area contributed by atoms with Crippen LogP contribution in [0.3, 0.4) is 0 Å². The number of hydrogen-bond acceptors (Lipinski definition) is 4. The van der Waals surface area contributed by atoms with Crippen LogP contribution in [0.4, 0.5) is 0 Å². The summed E-state index contributed by atoms with van der Waals surface area (Å²) in [6.45, 7) is 6.75. The van der Waals surface area contributed by atoms with Gasteiger partial charge in [-0.05, 0) is 78.3 Å². The number of benzene rings is 3. The van der Waals surface area contributed by atoms with Gasteiger partial charge < -0.3 is 9.47 Å². The average molecular weight is 577 g/mol. The lowest BCUT2D eigenvalue weighted by atomic mass is 10.0. The number of amides is 1. The lowest BCUT2D eigenvalue weighted by Gasteiger charge is -2.15. The first kappa shape index (κ1) is 25.1. The van der Waals surface area contributed by atoms with Gasteiger partial charge in [0.1, 0.15) is 6.61 Å². The maximum Gasteiger partial charge on any atom is 0.244 e. The summed E-state index contributed by atoms with van der Waals surface area (Å²) >= 11 is 8.44. The van der Waals surface area contributed by atoms with E-state index in [2.05, 4.69) is 33.1 Å². The summed E-state index contributed by atoms with van der Waals surface area (Å²) in [6.07, 6.45) is 1.88. The zero-order valence-electron chi connectivity index (χ0n) is 18.8. The van der Waals surface area contributed by atoms with Crippen molar-refractivity contribution >= 4 is 46.3 Å². The molecule has 0 heterocycles. The largest absolute Gasteiger partial charge is 0.490 e. The predicted molar refractivity (Wildman–Crippen MR) is 141 cm³/mol. The third-order valence-electron chi connectivity index (χ3n) is 4.92. The third kappa shape index (κ3) is 7.20. The fourth-order valence-electron chi connectivity index (χ4n) is 3.21.